The smallest absolute Gasteiger partial charge is 0.162 e. The van der Waals surface area contributed by atoms with Crippen LogP contribution in [0.15, 0.2) is 23.4 Å². The lowest BCUT2D eigenvalue weighted by molar-refractivity contribution is 0.101. The normalized spacial score (nSPS) is 9.69. The monoisotopic (exact) mass is 179 g/mol. The number of Topliss-reactive ketones (excluding diaryl/α,β-unsaturated/α-hetero) is 1. The number of aliphatic hydroxyl groups is 1. The second-order valence-corrected chi connectivity index (χ2v) is 2.66. The largest absolute Gasteiger partial charge is 0.392 e. The average molecular weight is 179 g/mol. The van der Waals surface area contributed by atoms with Gasteiger partial charge in [0.15, 0.2) is 5.78 Å². The van der Waals surface area contributed by atoms with Crippen molar-refractivity contribution in [3.63, 3.8) is 0 Å². The number of nitroso groups, excluding NO2 is 1. The number of carbonyl (C=O) groups is 1. The van der Waals surface area contributed by atoms with Gasteiger partial charge >= 0.3 is 0 Å². The number of hydrogen-bond donors (Lipinski definition) is 1. The molecule has 0 aromatic heterocycles. The van der Waals surface area contributed by atoms with E-state index >= 15 is 0 Å². The Kier molecular flexibility index (Phi) is 2.87. The van der Waals surface area contributed by atoms with Crippen LogP contribution in [0.3, 0.4) is 0 Å². The van der Waals surface area contributed by atoms with Crippen LogP contribution in [0.5, 0.6) is 0 Å². The third-order valence-electron chi connectivity index (χ3n) is 1.72. The number of ketones is 1. The first-order valence-electron chi connectivity index (χ1n) is 3.77. The Balaban J connectivity index is 3.25. The van der Waals surface area contributed by atoms with Crippen molar-refractivity contribution >= 4 is 11.5 Å². The molecule has 4 nitrogen and oxygen atoms in total. The summed E-state index contributed by atoms with van der Waals surface area (Å²) in [5.41, 5.74) is 0.962. The molecule has 0 saturated carbocycles. The van der Waals surface area contributed by atoms with E-state index in [0.717, 1.165) is 0 Å². The Labute approximate surface area is 75.2 Å². The Morgan fingerprint density at radius 3 is 2.69 bits per heavy atom. The quantitative estimate of drug-likeness (QED) is 0.568. The molecule has 68 valence electrons. The van der Waals surface area contributed by atoms with Crippen molar-refractivity contribution in [1.29, 1.82) is 0 Å². The fraction of sp³-hybridized carbons (Fsp3) is 0.222. The van der Waals surface area contributed by atoms with E-state index in [1.807, 2.05) is 0 Å². The van der Waals surface area contributed by atoms with Gasteiger partial charge in [-0.25, -0.2) is 0 Å². The highest BCUT2D eigenvalue weighted by atomic mass is 16.3. The minimum absolute atomic E-state index is 0.115. The number of hydrogen-bond acceptors (Lipinski definition) is 4. The van der Waals surface area contributed by atoms with Crippen LogP contribution in [0.1, 0.15) is 22.8 Å². The fourth-order valence-electron chi connectivity index (χ4n) is 1.04. The highest BCUT2D eigenvalue weighted by Gasteiger charge is 2.08. The maximum atomic E-state index is 11.0. The van der Waals surface area contributed by atoms with E-state index in [1.54, 1.807) is 6.07 Å². The van der Waals surface area contributed by atoms with Crippen LogP contribution in [0.4, 0.5) is 5.69 Å². The number of carbonyl (C=O) groups excluding carboxylic acids is 1. The third kappa shape index (κ3) is 1.97. The molecule has 0 radical (unpaired) electrons. The molecule has 0 saturated heterocycles. The van der Waals surface area contributed by atoms with Crippen molar-refractivity contribution in [2.45, 2.75) is 13.5 Å². The van der Waals surface area contributed by atoms with Crippen LogP contribution < -0.4 is 0 Å². The molecule has 13 heavy (non-hydrogen) atoms. The van der Waals surface area contributed by atoms with Crippen LogP contribution in [0.2, 0.25) is 0 Å². The molecule has 0 atom stereocenters. The molecule has 0 fully saturated rings. The third-order valence-corrected chi connectivity index (χ3v) is 1.72. The Morgan fingerprint density at radius 2 is 2.23 bits per heavy atom. The summed E-state index contributed by atoms with van der Waals surface area (Å²) in [4.78, 5) is 21.3. The standard InChI is InChI=1S/C9H9NO3/c1-6(12)8-4-7(5-11)2-3-9(8)10-13/h2-4,11H,5H2,1H3. The molecule has 1 aromatic rings. The van der Waals surface area contributed by atoms with E-state index in [1.165, 1.54) is 19.1 Å². The number of benzene rings is 1. The van der Waals surface area contributed by atoms with Gasteiger partial charge in [-0.2, -0.15) is 0 Å². The van der Waals surface area contributed by atoms with E-state index in [9.17, 15) is 9.70 Å². The summed E-state index contributed by atoms with van der Waals surface area (Å²) in [5, 5.41) is 11.5. The summed E-state index contributed by atoms with van der Waals surface area (Å²) in [5.74, 6) is -0.232. The molecule has 0 heterocycles. The fourth-order valence-corrected chi connectivity index (χ4v) is 1.04. The summed E-state index contributed by atoms with van der Waals surface area (Å²) in [6.45, 7) is 1.20. The van der Waals surface area contributed by atoms with Crippen LogP contribution in [0.25, 0.3) is 0 Å². The molecule has 1 rings (SSSR count). The lowest BCUT2D eigenvalue weighted by atomic mass is 10.1. The van der Waals surface area contributed by atoms with Crippen LogP contribution in [0, 0.1) is 4.91 Å². The second kappa shape index (κ2) is 3.91. The zero-order chi connectivity index (χ0) is 9.84. The van der Waals surface area contributed by atoms with Gasteiger partial charge in [-0.15, -0.1) is 4.91 Å². The van der Waals surface area contributed by atoms with E-state index in [0.29, 0.717) is 5.56 Å². The number of rotatable bonds is 3. The van der Waals surface area contributed by atoms with Gasteiger partial charge in [0.1, 0.15) is 5.69 Å². The van der Waals surface area contributed by atoms with E-state index in [2.05, 4.69) is 5.18 Å². The molecule has 0 aliphatic carbocycles. The molecule has 0 amide bonds. The molecule has 1 aromatic carbocycles. The van der Waals surface area contributed by atoms with Gasteiger partial charge in [0, 0.05) is 5.56 Å². The summed E-state index contributed by atoms with van der Waals surface area (Å²) in [7, 11) is 0. The number of nitrogens with zero attached hydrogens (tertiary/aromatic N) is 1. The van der Waals surface area contributed by atoms with Gasteiger partial charge in [0.25, 0.3) is 0 Å². The SMILES string of the molecule is CC(=O)c1cc(CO)ccc1N=O. The maximum Gasteiger partial charge on any atom is 0.162 e. The Bertz CT molecular complexity index is 347. The summed E-state index contributed by atoms with van der Waals surface area (Å²) in [6.07, 6.45) is 0. The minimum atomic E-state index is -0.232. The lowest BCUT2D eigenvalue weighted by Crippen LogP contribution is -1.94. The first kappa shape index (κ1) is 9.54. The van der Waals surface area contributed by atoms with Crippen LogP contribution in [-0.2, 0) is 6.61 Å². The zero-order valence-electron chi connectivity index (χ0n) is 7.15. The van der Waals surface area contributed by atoms with Crippen molar-refractivity contribution in [3.8, 4) is 0 Å². The van der Waals surface area contributed by atoms with E-state index in [-0.39, 0.29) is 23.6 Å². The summed E-state index contributed by atoms with van der Waals surface area (Å²) < 4.78 is 0. The summed E-state index contributed by atoms with van der Waals surface area (Å²) in [6, 6.07) is 4.46. The molecule has 0 aliphatic heterocycles. The van der Waals surface area contributed by atoms with Crippen LogP contribution in [-0.4, -0.2) is 10.9 Å². The zero-order valence-corrected chi connectivity index (χ0v) is 7.15. The Hall–Kier alpha value is -1.55. The molecule has 0 unspecified atom stereocenters. The van der Waals surface area contributed by atoms with Gasteiger partial charge in [-0.1, -0.05) is 6.07 Å². The molecular weight excluding hydrogens is 170 g/mol. The van der Waals surface area contributed by atoms with Gasteiger partial charge in [-0.05, 0) is 29.8 Å². The van der Waals surface area contributed by atoms with Gasteiger partial charge < -0.3 is 5.11 Å². The first-order valence-corrected chi connectivity index (χ1v) is 3.77. The highest BCUT2D eigenvalue weighted by molar-refractivity contribution is 5.99. The second-order valence-electron chi connectivity index (χ2n) is 2.66. The topological polar surface area (TPSA) is 66.7 Å². The van der Waals surface area contributed by atoms with Crippen LogP contribution >= 0.6 is 0 Å². The van der Waals surface area contributed by atoms with Crippen molar-refractivity contribution < 1.29 is 9.90 Å². The van der Waals surface area contributed by atoms with Crippen molar-refractivity contribution in [2.24, 2.45) is 5.18 Å². The molecule has 0 aliphatic rings. The Morgan fingerprint density at radius 1 is 1.54 bits per heavy atom. The number of aliphatic hydroxyl groups excluding tert-OH is 1. The van der Waals surface area contributed by atoms with E-state index in [4.69, 9.17) is 5.11 Å². The van der Waals surface area contributed by atoms with Crippen molar-refractivity contribution in [3.05, 3.63) is 34.2 Å². The molecule has 0 bridgehead atoms. The van der Waals surface area contributed by atoms with Gasteiger partial charge in [-0.3, -0.25) is 4.79 Å². The molecule has 4 heteroatoms. The first-order chi connectivity index (χ1) is 6.19. The molecule has 0 spiro atoms. The maximum absolute atomic E-state index is 11.0. The predicted molar refractivity (Wildman–Crippen MR) is 47.8 cm³/mol. The highest BCUT2D eigenvalue weighted by Crippen LogP contribution is 2.20. The predicted octanol–water partition coefficient (Wildman–Crippen LogP) is 1.78. The van der Waals surface area contributed by atoms with Gasteiger partial charge in [0.2, 0.25) is 0 Å². The summed E-state index contributed by atoms with van der Waals surface area (Å²) >= 11 is 0. The van der Waals surface area contributed by atoms with E-state index < -0.39 is 0 Å². The van der Waals surface area contributed by atoms with Gasteiger partial charge in [0.05, 0.1) is 6.61 Å². The van der Waals surface area contributed by atoms with Crippen molar-refractivity contribution in [1.82, 2.24) is 0 Å². The lowest BCUT2D eigenvalue weighted by Gasteiger charge is -2.01. The minimum Gasteiger partial charge on any atom is -0.392 e. The molecule has 1 N–H and O–H groups in total. The van der Waals surface area contributed by atoms with Crippen molar-refractivity contribution in [2.75, 3.05) is 0 Å². The average Bonchev–Trinajstić information content (AvgIpc) is 2.16. The molecular formula is C9H9NO3.